The Kier molecular flexibility index (Phi) is 5.49. The normalized spacial score (nSPS) is 15.4. The van der Waals surface area contributed by atoms with Gasteiger partial charge in [0, 0.05) is 31.8 Å². The van der Waals surface area contributed by atoms with Gasteiger partial charge in [0.2, 0.25) is 0 Å². The van der Waals surface area contributed by atoms with Gasteiger partial charge in [-0.25, -0.2) is 0 Å². The standard InChI is InChI=1S/C14H17N3O4/c15-11-12-10-13(2-3-14(12)17(18)19)21-7-1-4-16-5-8-20-9-6-16/h2-3,10H,1,4-9H2. The molecule has 0 aliphatic carbocycles. The maximum Gasteiger partial charge on any atom is 0.287 e. The molecule has 0 amide bonds. The smallest absolute Gasteiger partial charge is 0.287 e. The topological polar surface area (TPSA) is 88.6 Å². The van der Waals surface area contributed by atoms with E-state index >= 15 is 0 Å². The minimum atomic E-state index is -0.569. The van der Waals surface area contributed by atoms with E-state index in [9.17, 15) is 10.1 Å². The SMILES string of the molecule is N#Cc1cc(OCCCN2CCOCC2)ccc1[N+](=O)[O-]. The predicted octanol–water partition coefficient (Wildman–Crippen LogP) is 1.57. The molecule has 1 aliphatic rings. The van der Waals surface area contributed by atoms with Crippen LogP contribution < -0.4 is 4.74 Å². The van der Waals surface area contributed by atoms with Crippen molar-refractivity contribution in [1.29, 1.82) is 5.26 Å². The van der Waals surface area contributed by atoms with E-state index in [-0.39, 0.29) is 11.3 Å². The molecule has 21 heavy (non-hydrogen) atoms. The molecule has 112 valence electrons. The second kappa shape index (κ2) is 7.57. The van der Waals surface area contributed by atoms with Gasteiger partial charge in [-0.2, -0.15) is 5.26 Å². The maximum atomic E-state index is 10.7. The van der Waals surface area contributed by atoms with Gasteiger partial charge >= 0.3 is 0 Å². The molecule has 1 heterocycles. The van der Waals surface area contributed by atoms with Crippen LogP contribution in [0.15, 0.2) is 18.2 Å². The zero-order valence-corrected chi connectivity index (χ0v) is 11.7. The number of nitrogens with zero attached hydrogens (tertiary/aromatic N) is 3. The third-order valence-corrected chi connectivity index (χ3v) is 3.28. The number of nitro groups is 1. The van der Waals surface area contributed by atoms with Gasteiger partial charge in [0.15, 0.2) is 0 Å². The van der Waals surface area contributed by atoms with Crippen LogP contribution in [-0.2, 0) is 4.74 Å². The average Bonchev–Trinajstić information content (AvgIpc) is 2.52. The first-order valence-electron chi connectivity index (χ1n) is 6.82. The van der Waals surface area contributed by atoms with Crippen LogP contribution in [0.3, 0.4) is 0 Å². The van der Waals surface area contributed by atoms with Gasteiger partial charge in [0.1, 0.15) is 17.4 Å². The Bertz CT molecular complexity index is 536. The molecule has 1 aromatic rings. The van der Waals surface area contributed by atoms with E-state index in [1.165, 1.54) is 18.2 Å². The van der Waals surface area contributed by atoms with E-state index < -0.39 is 4.92 Å². The molecule has 0 spiro atoms. The summed E-state index contributed by atoms with van der Waals surface area (Å²) in [7, 11) is 0. The molecule has 1 aliphatic heterocycles. The number of hydrogen-bond donors (Lipinski definition) is 0. The summed E-state index contributed by atoms with van der Waals surface area (Å²) in [4.78, 5) is 12.5. The summed E-state index contributed by atoms with van der Waals surface area (Å²) in [5.74, 6) is 0.485. The highest BCUT2D eigenvalue weighted by atomic mass is 16.6. The largest absolute Gasteiger partial charge is 0.493 e. The molecule has 7 heteroatoms. The van der Waals surface area contributed by atoms with Crippen molar-refractivity contribution in [2.24, 2.45) is 0 Å². The Morgan fingerprint density at radius 2 is 2.19 bits per heavy atom. The average molecular weight is 291 g/mol. The Hall–Kier alpha value is -2.17. The van der Waals surface area contributed by atoms with Crippen molar-refractivity contribution in [3.05, 3.63) is 33.9 Å². The number of benzene rings is 1. The van der Waals surface area contributed by atoms with Crippen LogP contribution in [0.4, 0.5) is 5.69 Å². The van der Waals surface area contributed by atoms with Gasteiger partial charge in [0.05, 0.1) is 24.7 Å². The summed E-state index contributed by atoms with van der Waals surface area (Å²) in [5, 5.41) is 19.6. The Morgan fingerprint density at radius 3 is 2.86 bits per heavy atom. The van der Waals surface area contributed by atoms with Crippen LogP contribution in [0.1, 0.15) is 12.0 Å². The Labute approximate surface area is 122 Å². The van der Waals surface area contributed by atoms with E-state index in [2.05, 4.69) is 4.90 Å². The molecule has 0 saturated carbocycles. The summed E-state index contributed by atoms with van der Waals surface area (Å²) >= 11 is 0. The highest BCUT2D eigenvalue weighted by molar-refractivity contribution is 5.52. The lowest BCUT2D eigenvalue weighted by molar-refractivity contribution is -0.385. The van der Waals surface area contributed by atoms with E-state index in [1.54, 1.807) is 0 Å². The molecular weight excluding hydrogens is 274 g/mol. The van der Waals surface area contributed by atoms with Gasteiger partial charge in [0.25, 0.3) is 5.69 Å². The molecule has 1 aromatic carbocycles. The highest BCUT2D eigenvalue weighted by Gasteiger charge is 2.14. The summed E-state index contributed by atoms with van der Waals surface area (Å²) in [6.45, 7) is 4.87. The lowest BCUT2D eigenvalue weighted by Gasteiger charge is -2.26. The summed E-state index contributed by atoms with van der Waals surface area (Å²) < 4.78 is 10.8. The molecule has 0 atom stereocenters. The third-order valence-electron chi connectivity index (χ3n) is 3.28. The molecule has 1 saturated heterocycles. The number of hydrogen-bond acceptors (Lipinski definition) is 6. The number of nitriles is 1. The minimum Gasteiger partial charge on any atom is -0.493 e. The Morgan fingerprint density at radius 1 is 1.43 bits per heavy atom. The van der Waals surface area contributed by atoms with Gasteiger partial charge in [-0.3, -0.25) is 15.0 Å². The van der Waals surface area contributed by atoms with Crippen LogP contribution in [0.5, 0.6) is 5.75 Å². The lowest BCUT2D eigenvalue weighted by atomic mass is 10.2. The zero-order chi connectivity index (χ0) is 15.1. The summed E-state index contributed by atoms with van der Waals surface area (Å²) in [6, 6.07) is 6.05. The van der Waals surface area contributed by atoms with Crippen LogP contribution in [0.25, 0.3) is 0 Å². The third kappa shape index (κ3) is 4.41. The number of nitro benzene ring substituents is 1. The quantitative estimate of drug-likeness (QED) is 0.449. The fraction of sp³-hybridized carbons (Fsp3) is 0.500. The van der Waals surface area contributed by atoms with Gasteiger partial charge in [-0.15, -0.1) is 0 Å². The van der Waals surface area contributed by atoms with Gasteiger partial charge in [-0.05, 0) is 12.5 Å². The van der Waals surface area contributed by atoms with Gasteiger partial charge in [-0.1, -0.05) is 0 Å². The summed E-state index contributed by atoms with van der Waals surface area (Å²) in [6.07, 6.45) is 0.860. The van der Waals surface area contributed by atoms with E-state index in [0.717, 1.165) is 39.3 Å². The highest BCUT2D eigenvalue weighted by Crippen LogP contribution is 2.23. The first kappa shape index (κ1) is 15.2. The second-order valence-corrected chi connectivity index (χ2v) is 4.70. The van der Waals surface area contributed by atoms with Crippen molar-refractivity contribution in [3.63, 3.8) is 0 Å². The Balaban J connectivity index is 1.80. The predicted molar refractivity (Wildman–Crippen MR) is 75.2 cm³/mol. The van der Waals surface area contributed by atoms with Crippen molar-refractivity contribution in [1.82, 2.24) is 4.90 Å². The fourth-order valence-corrected chi connectivity index (χ4v) is 2.16. The van der Waals surface area contributed by atoms with Crippen molar-refractivity contribution >= 4 is 5.69 Å². The molecule has 0 radical (unpaired) electrons. The van der Waals surface area contributed by atoms with Crippen LogP contribution in [0.2, 0.25) is 0 Å². The van der Waals surface area contributed by atoms with Crippen LogP contribution in [0, 0.1) is 21.4 Å². The molecule has 0 unspecified atom stereocenters. The van der Waals surface area contributed by atoms with E-state index in [0.29, 0.717) is 12.4 Å². The van der Waals surface area contributed by atoms with E-state index in [1.807, 2.05) is 6.07 Å². The fourth-order valence-electron chi connectivity index (χ4n) is 2.16. The first-order chi connectivity index (χ1) is 10.2. The molecule has 7 nitrogen and oxygen atoms in total. The van der Waals surface area contributed by atoms with Crippen molar-refractivity contribution in [2.75, 3.05) is 39.5 Å². The van der Waals surface area contributed by atoms with E-state index in [4.69, 9.17) is 14.7 Å². The van der Waals surface area contributed by atoms with Crippen molar-refractivity contribution in [3.8, 4) is 11.8 Å². The first-order valence-corrected chi connectivity index (χ1v) is 6.82. The maximum absolute atomic E-state index is 10.7. The van der Waals surface area contributed by atoms with Gasteiger partial charge < -0.3 is 9.47 Å². The molecule has 0 N–H and O–H groups in total. The number of rotatable bonds is 6. The summed E-state index contributed by atoms with van der Waals surface area (Å²) in [5.41, 5.74) is -0.177. The number of morpholine rings is 1. The zero-order valence-electron chi connectivity index (χ0n) is 11.7. The monoisotopic (exact) mass is 291 g/mol. The molecular formula is C14H17N3O4. The van der Waals surface area contributed by atoms with Crippen LogP contribution in [-0.4, -0.2) is 49.3 Å². The second-order valence-electron chi connectivity index (χ2n) is 4.70. The van der Waals surface area contributed by atoms with Crippen molar-refractivity contribution in [2.45, 2.75) is 6.42 Å². The molecule has 2 rings (SSSR count). The lowest BCUT2D eigenvalue weighted by Crippen LogP contribution is -2.37. The van der Waals surface area contributed by atoms with Crippen LogP contribution >= 0.6 is 0 Å². The van der Waals surface area contributed by atoms with Crippen molar-refractivity contribution < 1.29 is 14.4 Å². The number of ether oxygens (including phenoxy) is 2. The molecule has 0 bridgehead atoms. The minimum absolute atomic E-state index is 0.0191. The molecule has 0 aromatic heterocycles. The molecule has 1 fully saturated rings.